The van der Waals surface area contributed by atoms with E-state index in [4.69, 9.17) is 10.5 Å². The first-order chi connectivity index (χ1) is 8.57. The van der Waals surface area contributed by atoms with Crippen LogP contribution in [0.15, 0.2) is 18.2 Å². The van der Waals surface area contributed by atoms with Crippen molar-refractivity contribution in [3.63, 3.8) is 0 Å². The van der Waals surface area contributed by atoms with Crippen molar-refractivity contribution in [1.29, 1.82) is 0 Å². The van der Waals surface area contributed by atoms with Crippen LogP contribution in [0.1, 0.15) is 31.2 Å². The summed E-state index contributed by atoms with van der Waals surface area (Å²) in [6.07, 6.45) is 3.40. The quantitative estimate of drug-likeness (QED) is 0.892. The zero-order valence-electron chi connectivity index (χ0n) is 10.5. The maximum Gasteiger partial charge on any atom is 0.168 e. The number of ketones is 1. The van der Waals surface area contributed by atoms with Gasteiger partial charge in [-0.2, -0.15) is 0 Å². The minimum absolute atomic E-state index is 0.0412. The highest BCUT2D eigenvalue weighted by atomic mass is 19.1. The van der Waals surface area contributed by atoms with Gasteiger partial charge in [-0.05, 0) is 24.5 Å². The van der Waals surface area contributed by atoms with Crippen molar-refractivity contribution < 1.29 is 13.9 Å². The first-order valence-electron chi connectivity index (χ1n) is 6.20. The lowest BCUT2D eigenvalue weighted by molar-refractivity contribution is -0.123. The van der Waals surface area contributed by atoms with E-state index in [1.54, 1.807) is 12.1 Å². The van der Waals surface area contributed by atoms with Crippen LogP contribution in [0.5, 0.6) is 5.75 Å². The molecule has 4 heteroatoms. The molecule has 0 heterocycles. The molecule has 1 saturated carbocycles. The van der Waals surface area contributed by atoms with Crippen LogP contribution in [-0.2, 0) is 11.2 Å². The summed E-state index contributed by atoms with van der Waals surface area (Å²) in [7, 11) is 1.41. The second-order valence-corrected chi connectivity index (χ2v) is 4.90. The molecular formula is C14H18FNO2. The Balaban J connectivity index is 2.16. The van der Waals surface area contributed by atoms with Crippen molar-refractivity contribution in [3.8, 4) is 5.75 Å². The van der Waals surface area contributed by atoms with E-state index in [9.17, 15) is 9.18 Å². The summed E-state index contributed by atoms with van der Waals surface area (Å²) in [5, 5.41) is 0. The number of carbonyl (C=O) groups excluding carboxylic acids is 1. The summed E-state index contributed by atoms with van der Waals surface area (Å²) in [5.41, 5.74) is 5.67. The van der Waals surface area contributed by atoms with E-state index in [0.717, 1.165) is 12.8 Å². The maximum absolute atomic E-state index is 13.9. The van der Waals surface area contributed by atoms with E-state index in [1.165, 1.54) is 13.2 Å². The molecule has 1 fully saturated rings. The second kappa shape index (κ2) is 5.06. The molecule has 1 aliphatic rings. The van der Waals surface area contributed by atoms with Crippen LogP contribution in [0.2, 0.25) is 0 Å². The van der Waals surface area contributed by atoms with Crippen molar-refractivity contribution in [1.82, 2.24) is 0 Å². The Morgan fingerprint density at radius 3 is 2.72 bits per heavy atom. The van der Waals surface area contributed by atoms with E-state index in [1.807, 2.05) is 0 Å². The van der Waals surface area contributed by atoms with Crippen LogP contribution in [0.4, 0.5) is 4.39 Å². The molecule has 0 spiro atoms. The van der Waals surface area contributed by atoms with Gasteiger partial charge in [0.15, 0.2) is 17.3 Å². The Morgan fingerprint density at radius 1 is 1.44 bits per heavy atom. The monoisotopic (exact) mass is 251 g/mol. The van der Waals surface area contributed by atoms with Gasteiger partial charge in [-0.15, -0.1) is 0 Å². The maximum atomic E-state index is 13.9. The van der Waals surface area contributed by atoms with Gasteiger partial charge < -0.3 is 10.5 Å². The molecule has 2 rings (SSSR count). The Morgan fingerprint density at radius 2 is 2.11 bits per heavy atom. The number of hydrogen-bond acceptors (Lipinski definition) is 3. The Kier molecular flexibility index (Phi) is 3.66. The fourth-order valence-corrected chi connectivity index (χ4v) is 2.48. The number of carbonyl (C=O) groups is 1. The Labute approximate surface area is 106 Å². The van der Waals surface area contributed by atoms with Gasteiger partial charge in [0.25, 0.3) is 0 Å². The minimum atomic E-state index is -0.754. The van der Waals surface area contributed by atoms with Crippen molar-refractivity contribution in [3.05, 3.63) is 29.6 Å². The van der Waals surface area contributed by atoms with E-state index in [-0.39, 0.29) is 18.0 Å². The zero-order valence-corrected chi connectivity index (χ0v) is 10.5. The highest BCUT2D eigenvalue weighted by molar-refractivity contribution is 5.90. The summed E-state index contributed by atoms with van der Waals surface area (Å²) in [6, 6.07) is 4.83. The van der Waals surface area contributed by atoms with Gasteiger partial charge in [0.1, 0.15) is 0 Å². The normalized spacial score (nSPS) is 17.7. The highest BCUT2D eigenvalue weighted by Crippen LogP contribution is 2.30. The first kappa shape index (κ1) is 13.0. The molecule has 98 valence electrons. The molecule has 18 heavy (non-hydrogen) atoms. The van der Waals surface area contributed by atoms with E-state index in [2.05, 4.69) is 0 Å². The molecule has 0 aromatic heterocycles. The lowest BCUT2D eigenvalue weighted by Gasteiger charge is -2.21. The number of benzene rings is 1. The average molecular weight is 251 g/mol. The molecule has 1 aromatic rings. The van der Waals surface area contributed by atoms with Crippen LogP contribution in [-0.4, -0.2) is 18.4 Å². The molecule has 0 saturated heterocycles. The molecule has 0 bridgehead atoms. The number of hydrogen-bond donors (Lipinski definition) is 1. The predicted octanol–water partition coefficient (Wildman–Crippen LogP) is 2.22. The van der Waals surface area contributed by atoms with E-state index < -0.39 is 11.4 Å². The molecular weight excluding hydrogens is 233 g/mol. The van der Waals surface area contributed by atoms with Gasteiger partial charge in [0.2, 0.25) is 0 Å². The molecule has 2 N–H and O–H groups in total. The van der Waals surface area contributed by atoms with Crippen LogP contribution < -0.4 is 10.5 Å². The number of ether oxygens (including phenoxy) is 1. The van der Waals surface area contributed by atoms with Crippen molar-refractivity contribution in [2.45, 2.75) is 37.6 Å². The lowest BCUT2D eigenvalue weighted by atomic mass is 9.89. The van der Waals surface area contributed by atoms with Crippen LogP contribution in [0, 0.1) is 5.82 Å². The molecule has 1 aliphatic carbocycles. The second-order valence-electron chi connectivity index (χ2n) is 4.90. The summed E-state index contributed by atoms with van der Waals surface area (Å²) in [4.78, 5) is 12.2. The van der Waals surface area contributed by atoms with E-state index >= 15 is 0 Å². The van der Waals surface area contributed by atoms with Crippen LogP contribution in [0.25, 0.3) is 0 Å². The number of nitrogens with two attached hydrogens (primary N) is 1. The zero-order chi connectivity index (χ0) is 13.2. The van der Waals surface area contributed by atoms with Gasteiger partial charge in [0.05, 0.1) is 12.6 Å². The fraction of sp³-hybridized carbons (Fsp3) is 0.500. The number of Topliss-reactive ketones (excluding diaryl/α,β-unsaturated/α-hetero) is 1. The predicted molar refractivity (Wildman–Crippen MR) is 67.0 cm³/mol. The topological polar surface area (TPSA) is 52.3 Å². The third-order valence-electron chi connectivity index (χ3n) is 3.67. The molecule has 0 amide bonds. The standard InChI is InChI=1S/C14H18FNO2/c1-18-11-6-4-5-10(13(11)15)9-12(17)14(16)7-2-3-8-14/h4-6H,2-3,7-9,16H2,1H3. The number of halogens is 1. The lowest BCUT2D eigenvalue weighted by Crippen LogP contribution is -2.46. The molecule has 3 nitrogen and oxygen atoms in total. The van der Waals surface area contributed by atoms with Crippen LogP contribution >= 0.6 is 0 Å². The smallest absolute Gasteiger partial charge is 0.168 e. The van der Waals surface area contributed by atoms with Gasteiger partial charge in [-0.1, -0.05) is 25.0 Å². The van der Waals surface area contributed by atoms with Gasteiger partial charge in [0, 0.05) is 6.42 Å². The van der Waals surface area contributed by atoms with Crippen molar-refractivity contribution >= 4 is 5.78 Å². The summed E-state index contributed by atoms with van der Waals surface area (Å²) in [6.45, 7) is 0. The van der Waals surface area contributed by atoms with Crippen molar-refractivity contribution in [2.24, 2.45) is 5.73 Å². The number of methoxy groups -OCH3 is 1. The summed E-state index contributed by atoms with van der Waals surface area (Å²) in [5.74, 6) is -0.375. The van der Waals surface area contributed by atoms with Crippen molar-refractivity contribution in [2.75, 3.05) is 7.11 Å². The molecule has 1 aromatic carbocycles. The summed E-state index contributed by atoms with van der Waals surface area (Å²) >= 11 is 0. The largest absolute Gasteiger partial charge is 0.494 e. The average Bonchev–Trinajstić information content (AvgIpc) is 2.80. The van der Waals surface area contributed by atoms with Gasteiger partial charge in [-0.3, -0.25) is 4.79 Å². The minimum Gasteiger partial charge on any atom is -0.494 e. The Hall–Kier alpha value is -1.42. The third-order valence-corrected chi connectivity index (χ3v) is 3.67. The summed E-state index contributed by atoms with van der Waals surface area (Å²) < 4.78 is 18.8. The van der Waals surface area contributed by atoms with E-state index in [0.29, 0.717) is 18.4 Å². The third kappa shape index (κ3) is 2.38. The number of rotatable bonds is 4. The fourth-order valence-electron chi connectivity index (χ4n) is 2.48. The highest BCUT2D eigenvalue weighted by Gasteiger charge is 2.36. The van der Waals surface area contributed by atoms with Gasteiger partial charge in [-0.25, -0.2) is 4.39 Å². The van der Waals surface area contributed by atoms with Gasteiger partial charge >= 0.3 is 0 Å². The molecule has 0 unspecified atom stereocenters. The Bertz CT molecular complexity index is 453. The molecule has 0 atom stereocenters. The molecule has 0 aliphatic heterocycles. The van der Waals surface area contributed by atoms with Crippen LogP contribution in [0.3, 0.4) is 0 Å². The molecule has 0 radical (unpaired) electrons. The first-order valence-corrected chi connectivity index (χ1v) is 6.20. The SMILES string of the molecule is COc1cccc(CC(=O)C2(N)CCCC2)c1F.